The van der Waals surface area contributed by atoms with Gasteiger partial charge >= 0.3 is 6.18 Å². The molecule has 1 fully saturated rings. The van der Waals surface area contributed by atoms with Gasteiger partial charge in [0.15, 0.2) is 0 Å². The van der Waals surface area contributed by atoms with E-state index in [-0.39, 0.29) is 18.2 Å². The lowest BCUT2D eigenvalue weighted by Gasteiger charge is -2.36. The summed E-state index contributed by atoms with van der Waals surface area (Å²) in [7, 11) is -3.40. The van der Waals surface area contributed by atoms with Gasteiger partial charge < -0.3 is 4.90 Å². The third-order valence-corrected chi connectivity index (χ3v) is 4.60. The Morgan fingerprint density at radius 1 is 1.33 bits per heavy atom. The molecule has 0 saturated carbocycles. The van der Waals surface area contributed by atoms with Crippen molar-refractivity contribution in [1.82, 2.24) is 9.62 Å². The lowest BCUT2D eigenvalue weighted by Crippen LogP contribution is -2.49. The molecule has 1 atom stereocenters. The number of hydrogen-bond donors (Lipinski definition) is 1. The summed E-state index contributed by atoms with van der Waals surface area (Å²) in [4.78, 5) is 14.1. The average Bonchev–Trinajstić information content (AvgIpc) is 2.51. The fourth-order valence-electron chi connectivity index (χ4n) is 2.72. The Balaban J connectivity index is 2.19. The first-order valence-electron chi connectivity index (χ1n) is 7.51. The summed E-state index contributed by atoms with van der Waals surface area (Å²) in [6.07, 6.45) is -1.32. The predicted molar refractivity (Wildman–Crippen MR) is 83.0 cm³/mol. The maximum atomic E-state index is 12.8. The van der Waals surface area contributed by atoms with Crippen molar-refractivity contribution in [2.45, 2.75) is 31.5 Å². The van der Waals surface area contributed by atoms with Crippen LogP contribution in [-0.4, -0.2) is 44.6 Å². The largest absolute Gasteiger partial charge is 0.416 e. The molecule has 2 rings (SSSR count). The molecule has 1 N–H and O–H groups in total. The van der Waals surface area contributed by atoms with Crippen molar-refractivity contribution in [3.05, 3.63) is 35.4 Å². The maximum Gasteiger partial charge on any atom is 0.416 e. The number of halogens is 3. The van der Waals surface area contributed by atoms with E-state index >= 15 is 0 Å². The average molecular weight is 364 g/mol. The zero-order valence-electron chi connectivity index (χ0n) is 13.1. The van der Waals surface area contributed by atoms with Crippen LogP contribution in [0, 0.1) is 0 Å². The van der Waals surface area contributed by atoms with E-state index in [1.165, 1.54) is 17.0 Å². The number of hydrogen-bond acceptors (Lipinski definition) is 3. The molecule has 5 nitrogen and oxygen atoms in total. The van der Waals surface area contributed by atoms with Crippen LogP contribution in [0.4, 0.5) is 13.2 Å². The Labute approximate surface area is 138 Å². The number of sulfonamides is 1. The number of nitrogens with one attached hydrogen (secondary N) is 1. The number of likely N-dealkylation sites (tertiary alicyclic amines) is 1. The number of alkyl halides is 3. The SMILES string of the molecule is CS(=O)(=O)NC[C@@H]1CCCCN1C(=O)c1cccc(C(F)(F)F)c1. The zero-order valence-corrected chi connectivity index (χ0v) is 14.0. The second-order valence-corrected chi connectivity index (χ2v) is 7.68. The van der Waals surface area contributed by atoms with Crippen molar-refractivity contribution in [2.24, 2.45) is 0 Å². The van der Waals surface area contributed by atoms with E-state index in [2.05, 4.69) is 4.72 Å². The molecule has 0 aliphatic carbocycles. The summed E-state index contributed by atoms with van der Waals surface area (Å²) in [5.41, 5.74) is -0.924. The van der Waals surface area contributed by atoms with Crippen LogP contribution in [0.15, 0.2) is 24.3 Å². The van der Waals surface area contributed by atoms with E-state index in [0.29, 0.717) is 13.0 Å². The number of carbonyl (C=O) groups excluding carboxylic acids is 1. The highest BCUT2D eigenvalue weighted by molar-refractivity contribution is 7.88. The minimum atomic E-state index is -4.52. The molecule has 1 amide bonds. The number of carbonyl (C=O) groups is 1. The van der Waals surface area contributed by atoms with Crippen LogP contribution in [0.1, 0.15) is 35.2 Å². The third kappa shape index (κ3) is 4.94. The Morgan fingerprint density at radius 3 is 2.67 bits per heavy atom. The first-order valence-corrected chi connectivity index (χ1v) is 9.40. The molecule has 1 aliphatic rings. The van der Waals surface area contributed by atoms with Crippen molar-refractivity contribution < 1.29 is 26.4 Å². The van der Waals surface area contributed by atoms with Gasteiger partial charge in [-0.05, 0) is 37.5 Å². The van der Waals surface area contributed by atoms with E-state index in [0.717, 1.165) is 31.2 Å². The number of nitrogens with zero attached hydrogens (tertiary/aromatic N) is 1. The molecule has 0 aromatic heterocycles. The summed E-state index contributed by atoms with van der Waals surface area (Å²) >= 11 is 0. The number of piperidine rings is 1. The van der Waals surface area contributed by atoms with Crippen LogP contribution < -0.4 is 4.72 Å². The van der Waals surface area contributed by atoms with Crippen LogP contribution in [0.2, 0.25) is 0 Å². The Bertz CT molecular complexity index is 704. The first kappa shape index (κ1) is 18.7. The summed E-state index contributed by atoms with van der Waals surface area (Å²) in [6, 6.07) is 3.92. The van der Waals surface area contributed by atoms with Gasteiger partial charge in [-0.15, -0.1) is 0 Å². The lowest BCUT2D eigenvalue weighted by molar-refractivity contribution is -0.137. The van der Waals surface area contributed by atoms with E-state index in [1.54, 1.807) is 0 Å². The van der Waals surface area contributed by atoms with Gasteiger partial charge in [-0.1, -0.05) is 6.07 Å². The topological polar surface area (TPSA) is 66.5 Å². The Hall–Kier alpha value is -1.61. The molecule has 0 radical (unpaired) electrons. The van der Waals surface area contributed by atoms with Gasteiger partial charge in [-0.3, -0.25) is 4.79 Å². The summed E-state index contributed by atoms with van der Waals surface area (Å²) in [5, 5.41) is 0. The highest BCUT2D eigenvalue weighted by Gasteiger charge is 2.33. The molecule has 1 saturated heterocycles. The molecule has 0 bridgehead atoms. The van der Waals surface area contributed by atoms with Gasteiger partial charge in [-0.2, -0.15) is 13.2 Å². The number of amides is 1. The summed E-state index contributed by atoms with van der Waals surface area (Å²) in [6.45, 7) is 0.453. The van der Waals surface area contributed by atoms with E-state index in [1.807, 2.05) is 0 Å². The van der Waals surface area contributed by atoms with Gasteiger partial charge in [0.05, 0.1) is 11.8 Å². The van der Waals surface area contributed by atoms with Gasteiger partial charge in [0.25, 0.3) is 5.91 Å². The number of benzene rings is 1. The molecule has 0 spiro atoms. The quantitative estimate of drug-likeness (QED) is 0.891. The standard InChI is InChI=1S/C15H19F3N2O3S/c1-24(22,23)19-10-13-7-2-3-8-20(13)14(21)11-5-4-6-12(9-11)15(16,17)18/h4-6,9,13,19H,2-3,7-8,10H2,1H3/t13-/m0/s1. The van der Waals surface area contributed by atoms with Crippen molar-refractivity contribution in [1.29, 1.82) is 0 Å². The fraction of sp³-hybridized carbons (Fsp3) is 0.533. The van der Waals surface area contributed by atoms with Gasteiger partial charge in [0.2, 0.25) is 10.0 Å². The maximum absolute atomic E-state index is 12.8. The van der Waals surface area contributed by atoms with Gasteiger partial charge in [0.1, 0.15) is 0 Å². The molecular formula is C15H19F3N2O3S. The molecule has 24 heavy (non-hydrogen) atoms. The molecule has 0 unspecified atom stereocenters. The molecular weight excluding hydrogens is 345 g/mol. The molecule has 9 heteroatoms. The molecule has 1 aromatic carbocycles. The normalized spacial score (nSPS) is 19.3. The van der Waals surface area contributed by atoms with Crippen molar-refractivity contribution in [3.63, 3.8) is 0 Å². The fourth-order valence-corrected chi connectivity index (χ4v) is 3.22. The minimum Gasteiger partial charge on any atom is -0.334 e. The molecule has 134 valence electrons. The lowest BCUT2D eigenvalue weighted by atomic mass is 10.0. The van der Waals surface area contributed by atoms with Crippen LogP contribution in [-0.2, 0) is 16.2 Å². The van der Waals surface area contributed by atoms with Crippen molar-refractivity contribution >= 4 is 15.9 Å². The van der Waals surface area contributed by atoms with Crippen LogP contribution in [0.3, 0.4) is 0 Å². The highest BCUT2D eigenvalue weighted by Crippen LogP contribution is 2.30. The van der Waals surface area contributed by atoms with Crippen LogP contribution in [0.5, 0.6) is 0 Å². The summed E-state index contributed by atoms with van der Waals surface area (Å²) < 4.78 is 63.2. The molecule has 1 aliphatic heterocycles. The Morgan fingerprint density at radius 2 is 2.04 bits per heavy atom. The van der Waals surface area contributed by atoms with E-state index in [9.17, 15) is 26.4 Å². The predicted octanol–water partition coefficient (Wildman–Crippen LogP) is 2.25. The monoisotopic (exact) mass is 364 g/mol. The van der Waals surface area contributed by atoms with Gasteiger partial charge in [0, 0.05) is 24.7 Å². The second-order valence-electron chi connectivity index (χ2n) is 5.85. The van der Waals surface area contributed by atoms with E-state index in [4.69, 9.17) is 0 Å². The minimum absolute atomic E-state index is 0.0453. The zero-order chi connectivity index (χ0) is 18.0. The van der Waals surface area contributed by atoms with Crippen molar-refractivity contribution in [3.8, 4) is 0 Å². The van der Waals surface area contributed by atoms with Crippen LogP contribution in [0.25, 0.3) is 0 Å². The van der Waals surface area contributed by atoms with E-state index < -0.39 is 27.7 Å². The Kier molecular flexibility index (Phi) is 5.54. The highest BCUT2D eigenvalue weighted by atomic mass is 32.2. The molecule has 1 aromatic rings. The number of rotatable bonds is 4. The summed E-state index contributed by atoms with van der Waals surface area (Å²) in [5.74, 6) is -0.513. The third-order valence-electron chi connectivity index (χ3n) is 3.91. The first-order chi connectivity index (χ1) is 11.1. The van der Waals surface area contributed by atoms with Gasteiger partial charge in [-0.25, -0.2) is 13.1 Å². The smallest absolute Gasteiger partial charge is 0.334 e. The molecule has 1 heterocycles. The van der Waals surface area contributed by atoms with Crippen molar-refractivity contribution in [2.75, 3.05) is 19.3 Å². The second kappa shape index (κ2) is 7.10. The van der Waals surface area contributed by atoms with Crippen LogP contribution >= 0.6 is 0 Å².